The van der Waals surface area contributed by atoms with E-state index < -0.39 is 0 Å². The zero-order valence-corrected chi connectivity index (χ0v) is 5.13. The number of ether oxygens (including phenoxy) is 1. The molecule has 0 aliphatic carbocycles. The third-order valence-corrected chi connectivity index (χ3v) is 1.06. The number of hydrogen-bond donors (Lipinski definition) is 0. The Morgan fingerprint density at radius 3 is 2.22 bits per heavy atom. The molecule has 47 valence electrons. The number of methoxy groups -OCH3 is 1. The first kappa shape index (κ1) is 5.95. The van der Waals surface area contributed by atoms with Gasteiger partial charge >= 0.3 is 0 Å². The normalized spacial score (nSPS) is 9.00. The molecule has 0 unspecified atom stereocenters. The number of rotatable bonds is 1. The van der Waals surface area contributed by atoms with E-state index in [-0.39, 0.29) is 5.75 Å². The minimum atomic E-state index is 0.0100. The summed E-state index contributed by atoms with van der Waals surface area (Å²) in [5.74, 6) is 0.727. The summed E-state index contributed by atoms with van der Waals surface area (Å²) < 4.78 is 4.83. The fourth-order valence-corrected chi connectivity index (χ4v) is 0.576. The maximum Gasteiger partial charge on any atom is 0.178 e. The van der Waals surface area contributed by atoms with E-state index in [4.69, 9.17) is 4.74 Å². The van der Waals surface area contributed by atoms with Crippen LogP contribution in [-0.2, 0) is 5.11 Å². The summed E-state index contributed by atoms with van der Waals surface area (Å²) in [5.41, 5.74) is 0. The molecule has 0 aliphatic heterocycles. The molecule has 1 aromatic rings. The average molecular weight is 123 g/mol. The van der Waals surface area contributed by atoms with Gasteiger partial charge in [-0.2, -0.15) is 0 Å². The first-order chi connectivity index (χ1) is 4.33. The lowest BCUT2D eigenvalue weighted by Crippen LogP contribution is -1.79. The van der Waals surface area contributed by atoms with Crippen molar-refractivity contribution < 1.29 is 9.84 Å². The van der Waals surface area contributed by atoms with E-state index in [1.54, 1.807) is 19.2 Å². The first-order valence-electron chi connectivity index (χ1n) is 2.64. The van der Waals surface area contributed by atoms with Gasteiger partial charge in [0.15, 0.2) is 5.75 Å². The second-order valence-electron chi connectivity index (χ2n) is 1.68. The highest BCUT2D eigenvalue weighted by Crippen LogP contribution is 2.15. The highest BCUT2D eigenvalue weighted by atomic mass is 16.5. The van der Waals surface area contributed by atoms with Gasteiger partial charge < -0.3 is 4.74 Å². The molecule has 0 aromatic heterocycles. The molecule has 2 nitrogen and oxygen atoms in total. The molecular weight excluding hydrogens is 116 g/mol. The molecule has 0 amide bonds. The molecule has 0 saturated heterocycles. The van der Waals surface area contributed by atoms with E-state index in [2.05, 4.69) is 0 Å². The van der Waals surface area contributed by atoms with Gasteiger partial charge in [-0.05, 0) is 24.3 Å². The van der Waals surface area contributed by atoms with Crippen molar-refractivity contribution in [3.8, 4) is 11.5 Å². The summed E-state index contributed by atoms with van der Waals surface area (Å²) in [6, 6.07) is 6.22. The summed E-state index contributed by atoms with van der Waals surface area (Å²) in [7, 11) is 1.57. The smallest absolute Gasteiger partial charge is 0.178 e. The number of hydrogen-bond acceptors (Lipinski definition) is 1. The van der Waals surface area contributed by atoms with Crippen molar-refractivity contribution in [2.75, 3.05) is 7.11 Å². The predicted octanol–water partition coefficient (Wildman–Crippen LogP) is 1.84. The summed E-state index contributed by atoms with van der Waals surface area (Å²) in [5, 5.41) is 10.5. The lowest BCUT2D eigenvalue weighted by Gasteiger charge is -1.95. The molecule has 2 heteroatoms. The Morgan fingerprint density at radius 1 is 1.22 bits per heavy atom. The summed E-state index contributed by atoms with van der Waals surface area (Å²) in [6.45, 7) is 0. The van der Waals surface area contributed by atoms with E-state index in [0.717, 1.165) is 5.75 Å². The molecule has 1 radical (unpaired) electrons. The molecule has 0 fully saturated rings. The fourth-order valence-electron chi connectivity index (χ4n) is 0.576. The van der Waals surface area contributed by atoms with Crippen molar-refractivity contribution in [3.05, 3.63) is 24.3 Å². The maximum atomic E-state index is 10.5. The van der Waals surface area contributed by atoms with Crippen LogP contribution in [0.25, 0.3) is 0 Å². The molecule has 0 heterocycles. The van der Waals surface area contributed by atoms with E-state index in [1.165, 1.54) is 12.1 Å². The zero-order chi connectivity index (χ0) is 6.69. The number of benzene rings is 1. The van der Waals surface area contributed by atoms with Gasteiger partial charge in [0.05, 0.1) is 7.11 Å². The van der Waals surface area contributed by atoms with Crippen LogP contribution in [0.1, 0.15) is 0 Å². The van der Waals surface area contributed by atoms with Crippen molar-refractivity contribution in [3.63, 3.8) is 0 Å². The minimum Gasteiger partial charge on any atom is -0.497 e. The van der Waals surface area contributed by atoms with E-state index >= 15 is 0 Å². The van der Waals surface area contributed by atoms with Crippen LogP contribution in [0.3, 0.4) is 0 Å². The van der Waals surface area contributed by atoms with Crippen LogP contribution >= 0.6 is 0 Å². The van der Waals surface area contributed by atoms with Gasteiger partial charge in [-0.15, -0.1) is 0 Å². The molecule has 9 heavy (non-hydrogen) atoms. The van der Waals surface area contributed by atoms with Crippen molar-refractivity contribution in [2.24, 2.45) is 0 Å². The predicted molar refractivity (Wildman–Crippen MR) is 33.1 cm³/mol. The van der Waals surface area contributed by atoms with Crippen molar-refractivity contribution in [1.82, 2.24) is 0 Å². The van der Waals surface area contributed by atoms with E-state index in [0.29, 0.717) is 0 Å². The Hall–Kier alpha value is -1.18. The van der Waals surface area contributed by atoms with Gasteiger partial charge in [-0.1, -0.05) is 0 Å². The highest BCUT2D eigenvalue weighted by molar-refractivity contribution is 5.29. The topological polar surface area (TPSA) is 29.1 Å². The quantitative estimate of drug-likeness (QED) is 0.560. The molecular formula is C7H7O2. The van der Waals surface area contributed by atoms with Crippen LogP contribution in [0.4, 0.5) is 0 Å². The first-order valence-corrected chi connectivity index (χ1v) is 2.64. The van der Waals surface area contributed by atoms with Gasteiger partial charge in [0, 0.05) is 0 Å². The van der Waals surface area contributed by atoms with Crippen LogP contribution in [0.5, 0.6) is 11.5 Å². The van der Waals surface area contributed by atoms with E-state index in [1.807, 2.05) is 0 Å². The van der Waals surface area contributed by atoms with Gasteiger partial charge in [-0.3, -0.25) is 5.11 Å². The highest BCUT2D eigenvalue weighted by Gasteiger charge is 1.89. The van der Waals surface area contributed by atoms with Gasteiger partial charge in [0.25, 0.3) is 0 Å². The summed E-state index contributed by atoms with van der Waals surface area (Å²) >= 11 is 0. The SMILES string of the molecule is COc1ccc([O])cc1. The summed E-state index contributed by atoms with van der Waals surface area (Å²) in [6.07, 6.45) is 0. The zero-order valence-electron chi connectivity index (χ0n) is 5.13. The van der Waals surface area contributed by atoms with E-state index in [9.17, 15) is 5.11 Å². The Morgan fingerprint density at radius 2 is 1.78 bits per heavy atom. The van der Waals surface area contributed by atoms with Crippen LogP contribution in [0.2, 0.25) is 0 Å². The van der Waals surface area contributed by atoms with Gasteiger partial charge in [0.2, 0.25) is 0 Å². The van der Waals surface area contributed by atoms with Crippen molar-refractivity contribution in [1.29, 1.82) is 0 Å². The molecule has 0 aliphatic rings. The molecule has 0 bridgehead atoms. The molecule has 1 rings (SSSR count). The molecule has 1 aromatic carbocycles. The Balaban J connectivity index is 2.88. The second kappa shape index (κ2) is 2.40. The Bertz CT molecular complexity index is 179. The van der Waals surface area contributed by atoms with Crippen LogP contribution in [0.15, 0.2) is 24.3 Å². The maximum absolute atomic E-state index is 10.5. The third-order valence-electron chi connectivity index (χ3n) is 1.06. The minimum absolute atomic E-state index is 0.0100. The van der Waals surface area contributed by atoms with Gasteiger partial charge in [-0.25, -0.2) is 0 Å². The lowest BCUT2D eigenvalue weighted by atomic mass is 10.3. The molecule has 0 N–H and O–H groups in total. The molecule has 0 spiro atoms. The third kappa shape index (κ3) is 1.35. The fraction of sp³-hybridized carbons (Fsp3) is 0.143. The van der Waals surface area contributed by atoms with Crippen LogP contribution in [-0.4, -0.2) is 7.11 Å². The monoisotopic (exact) mass is 123 g/mol. The Kier molecular flexibility index (Phi) is 1.58. The largest absolute Gasteiger partial charge is 0.497 e. The van der Waals surface area contributed by atoms with Gasteiger partial charge in [0.1, 0.15) is 5.75 Å². The van der Waals surface area contributed by atoms with Crippen molar-refractivity contribution in [2.45, 2.75) is 0 Å². The molecule has 0 atom stereocenters. The van der Waals surface area contributed by atoms with Crippen LogP contribution < -0.4 is 4.74 Å². The lowest BCUT2D eigenvalue weighted by molar-refractivity contribution is 0.352. The summed E-state index contributed by atoms with van der Waals surface area (Å²) in [4.78, 5) is 0. The Labute approximate surface area is 53.7 Å². The van der Waals surface area contributed by atoms with Crippen molar-refractivity contribution >= 4 is 0 Å². The average Bonchev–Trinajstić information content (AvgIpc) is 1.90. The standard InChI is InChI=1S/C7H7O2/c1-9-7-4-2-6(8)3-5-7/h2-5H,1H3. The molecule has 0 saturated carbocycles. The van der Waals surface area contributed by atoms with Crippen LogP contribution in [0, 0.1) is 0 Å². The second-order valence-corrected chi connectivity index (χ2v) is 1.68.